The Kier molecular flexibility index (Phi) is 8.06. The van der Waals surface area contributed by atoms with Gasteiger partial charge >= 0.3 is 5.97 Å². The number of hydrogen-bond acceptors (Lipinski definition) is 6. The van der Waals surface area contributed by atoms with E-state index in [0.717, 1.165) is 16.9 Å². The Labute approximate surface area is 184 Å². The van der Waals surface area contributed by atoms with Gasteiger partial charge in [-0.3, -0.25) is 4.79 Å². The zero-order valence-corrected chi connectivity index (χ0v) is 18.6. The van der Waals surface area contributed by atoms with E-state index < -0.39 is 11.1 Å². The first-order valence-electron chi connectivity index (χ1n) is 10.2. The van der Waals surface area contributed by atoms with E-state index in [2.05, 4.69) is 0 Å². The van der Waals surface area contributed by atoms with E-state index in [-0.39, 0.29) is 11.4 Å². The van der Waals surface area contributed by atoms with E-state index in [4.69, 9.17) is 18.9 Å². The van der Waals surface area contributed by atoms with Crippen LogP contribution in [0.2, 0.25) is 0 Å². The van der Waals surface area contributed by atoms with Gasteiger partial charge in [0.1, 0.15) is 11.5 Å². The van der Waals surface area contributed by atoms with Crippen molar-refractivity contribution in [1.82, 2.24) is 0 Å². The SMILES string of the molecule is CCOC(=O)CC1(c2ccc(OCCCOc3cc(S(=O)O)ccc3C)cc2)COC1. The van der Waals surface area contributed by atoms with Crippen LogP contribution in [0.3, 0.4) is 0 Å². The Morgan fingerprint density at radius 2 is 1.84 bits per heavy atom. The molecule has 31 heavy (non-hydrogen) atoms. The molecule has 1 aliphatic rings. The van der Waals surface area contributed by atoms with Gasteiger partial charge in [-0.15, -0.1) is 0 Å². The number of rotatable bonds is 11. The van der Waals surface area contributed by atoms with Crippen molar-refractivity contribution in [2.45, 2.75) is 37.0 Å². The monoisotopic (exact) mass is 448 g/mol. The average Bonchev–Trinajstić information content (AvgIpc) is 2.72. The number of ether oxygens (including phenoxy) is 4. The van der Waals surface area contributed by atoms with Crippen molar-refractivity contribution in [3.05, 3.63) is 53.6 Å². The topological polar surface area (TPSA) is 91.3 Å². The Hall–Kier alpha value is -2.42. The fourth-order valence-electron chi connectivity index (χ4n) is 3.39. The molecule has 3 rings (SSSR count). The Morgan fingerprint density at radius 3 is 2.45 bits per heavy atom. The van der Waals surface area contributed by atoms with E-state index in [9.17, 15) is 13.6 Å². The first-order chi connectivity index (χ1) is 14.9. The van der Waals surface area contributed by atoms with Gasteiger partial charge in [0.05, 0.1) is 49.8 Å². The predicted molar refractivity (Wildman–Crippen MR) is 116 cm³/mol. The van der Waals surface area contributed by atoms with Crippen molar-refractivity contribution in [3.63, 3.8) is 0 Å². The lowest BCUT2D eigenvalue weighted by atomic mass is 9.76. The Bertz CT molecular complexity index is 907. The highest BCUT2D eigenvalue weighted by Gasteiger charge is 2.42. The second kappa shape index (κ2) is 10.7. The highest BCUT2D eigenvalue weighted by atomic mass is 32.2. The van der Waals surface area contributed by atoms with Crippen molar-refractivity contribution in [3.8, 4) is 11.5 Å². The zero-order chi connectivity index (χ0) is 22.3. The molecule has 1 heterocycles. The molecule has 1 unspecified atom stereocenters. The predicted octanol–water partition coefficient (Wildman–Crippen LogP) is 3.64. The van der Waals surface area contributed by atoms with Crippen LogP contribution >= 0.6 is 0 Å². The summed E-state index contributed by atoms with van der Waals surface area (Å²) < 4.78 is 42.4. The molecule has 2 aromatic rings. The molecule has 2 aromatic carbocycles. The third-order valence-corrected chi connectivity index (χ3v) is 5.84. The second-order valence-electron chi connectivity index (χ2n) is 7.51. The molecule has 168 valence electrons. The maximum atomic E-state index is 11.9. The molecule has 0 spiro atoms. The van der Waals surface area contributed by atoms with Crippen LogP contribution in [0, 0.1) is 6.92 Å². The molecule has 1 N–H and O–H groups in total. The molecule has 1 saturated heterocycles. The average molecular weight is 449 g/mol. The summed E-state index contributed by atoms with van der Waals surface area (Å²) in [5.74, 6) is 1.13. The molecular weight excluding hydrogens is 420 g/mol. The molecule has 1 atom stereocenters. The van der Waals surface area contributed by atoms with Gasteiger partial charge in [-0.2, -0.15) is 0 Å². The van der Waals surface area contributed by atoms with E-state index in [1.54, 1.807) is 25.1 Å². The van der Waals surface area contributed by atoms with Crippen molar-refractivity contribution in [2.24, 2.45) is 0 Å². The lowest BCUT2D eigenvalue weighted by molar-refractivity contribution is -0.151. The van der Waals surface area contributed by atoms with E-state index in [1.807, 2.05) is 31.2 Å². The third kappa shape index (κ3) is 6.06. The molecule has 8 heteroatoms. The van der Waals surface area contributed by atoms with Gasteiger partial charge in [0.15, 0.2) is 11.1 Å². The summed E-state index contributed by atoms with van der Waals surface area (Å²) in [6.45, 7) is 5.98. The van der Waals surface area contributed by atoms with Gasteiger partial charge in [-0.1, -0.05) is 18.2 Å². The number of aryl methyl sites for hydroxylation is 1. The molecule has 1 aliphatic heterocycles. The molecular formula is C23H28O7S. The summed E-state index contributed by atoms with van der Waals surface area (Å²) in [5, 5.41) is 0. The number of benzene rings is 2. The van der Waals surface area contributed by atoms with Crippen LogP contribution < -0.4 is 9.47 Å². The van der Waals surface area contributed by atoms with E-state index in [1.165, 1.54) is 0 Å². The summed E-state index contributed by atoms with van der Waals surface area (Å²) in [6.07, 6.45) is 0.969. The van der Waals surface area contributed by atoms with Crippen molar-refractivity contribution in [1.29, 1.82) is 0 Å². The fourth-order valence-corrected chi connectivity index (χ4v) is 3.78. The normalized spacial score (nSPS) is 15.6. The molecule has 0 aromatic heterocycles. The first-order valence-corrected chi connectivity index (χ1v) is 11.4. The van der Waals surface area contributed by atoms with Crippen LogP contribution in [-0.2, 0) is 30.8 Å². The number of carbonyl (C=O) groups is 1. The largest absolute Gasteiger partial charge is 0.493 e. The van der Waals surface area contributed by atoms with Gasteiger partial charge in [0, 0.05) is 6.42 Å². The Morgan fingerprint density at radius 1 is 1.13 bits per heavy atom. The maximum absolute atomic E-state index is 11.9. The summed E-state index contributed by atoms with van der Waals surface area (Å²) in [4.78, 5) is 12.2. The lowest BCUT2D eigenvalue weighted by Gasteiger charge is -2.41. The molecule has 0 saturated carbocycles. The third-order valence-electron chi connectivity index (χ3n) is 5.19. The van der Waals surface area contributed by atoms with Crippen LogP contribution in [0.25, 0.3) is 0 Å². The molecule has 0 aliphatic carbocycles. The molecule has 0 amide bonds. The van der Waals surface area contributed by atoms with Crippen molar-refractivity contribution in [2.75, 3.05) is 33.0 Å². The Balaban J connectivity index is 1.46. The van der Waals surface area contributed by atoms with Crippen LogP contribution in [0.5, 0.6) is 11.5 Å². The molecule has 7 nitrogen and oxygen atoms in total. The molecule has 0 bridgehead atoms. The lowest BCUT2D eigenvalue weighted by Crippen LogP contribution is -2.48. The number of hydrogen-bond donors (Lipinski definition) is 1. The molecule has 1 fully saturated rings. The number of esters is 1. The summed E-state index contributed by atoms with van der Waals surface area (Å²) in [6, 6.07) is 12.7. The smallest absolute Gasteiger partial charge is 0.306 e. The quantitative estimate of drug-likeness (QED) is 0.319. The second-order valence-corrected chi connectivity index (χ2v) is 8.48. The van der Waals surface area contributed by atoms with Gasteiger partial charge in [-0.25, -0.2) is 4.21 Å². The standard InChI is InChI=1S/C23H28O7S/c1-3-28-22(24)14-23(15-27-16-23)18-6-8-19(9-7-18)29-11-4-12-30-21-13-20(31(25)26)10-5-17(21)2/h5-10,13H,3-4,11-12,14-16H2,1-2H3,(H,25,26). The number of carbonyl (C=O) groups excluding carboxylic acids is 1. The summed E-state index contributed by atoms with van der Waals surface area (Å²) in [7, 11) is 0. The highest BCUT2D eigenvalue weighted by molar-refractivity contribution is 7.79. The minimum atomic E-state index is -2.03. The van der Waals surface area contributed by atoms with Gasteiger partial charge < -0.3 is 23.5 Å². The maximum Gasteiger partial charge on any atom is 0.306 e. The summed E-state index contributed by atoms with van der Waals surface area (Å²) in [5.41, 5.74) is 1.63. The van der Waals surface area contributed by atoms with Crippen LogP contribution in [0.15, 0.2) is 47.4 Å². The minimum Gasteiger partial charge on any atom is -0.493 e. The van der Waals surface area contributed by atoms with Crippen LogP contribution in [-0.4, -0.2) is 47.8 Å². The van der Waals surface area contributed by atoms with Crippen LogP contribution in [0.4, 0.5) is 0 Å². The fraction of sp³-hybridized carbons (Fsp3) is 0.435. The molecule has 0 radical (unpaired) electrons. The van der Waals surface area contributed by atoms with Crippen LogP contribution in [0.1, 0.15) is 30.9 Å². The van der Waals surface area contributed by atoms with Crippen molar-refractivity contribution < 1.29 is 32.5 Å². The van der Waals surface area contributed by atoms with Crippen molar-refractivity contribution >= 4 is 17.0 Å². The van der Waals surface area contributed by atoms with E-state index in [0.29, 0.717) is 56.5 Å². The van der Waals surface area contributed by atoms with Gasteiger partial charge in [0.2, 0.25) is 0 Å². The highest BCUT2D eigenvalue weighted by Crippen LogP contribution is 2.37. The minimum absolute atomic E-state index is 0.211. The first kappa shape index (κ1) is 23.2. The van der Waals surface area contributed by atoms with Gasteiger partial charge in [0.25, 0.3) is 0 Å². The summed E-state index contributed by atoms with van der Waals surface area (Å²) >= 11 is -2.03. The van der Waals surface area contributed by atoms with E-state index >= 15 is 0 Å². The zero-order valence-electron chi connectivity index (χ0n) is 17.8. The van der Waals surface area contributed by atoms with Gasteiger partial charge in [-0.05, 0) is 49.2 Å².